The lowest BCUT2D eigenvalue weighted by Crippen LogP contribution is -2.61. The zero-order valence-corrected chi connectivity index (χ0v) is 45.0. The van der Waals surface area contributed by atoms with Crippen LogP contribution in [0.2, 0.25) is 0 Å². The highest BCUT2D eigenvalue weighted by Crippen LogP contribution is 2.44. The Morgan fingerprint density at radius 1 is 0.797 bits per heavy atom. The number of thioether (sulfide) groups is 1. The minimum absolute atomic E-state index is 0.0647. The standard InChI is InChI=1S/C54H67N5O14S/c1-14-34-26(3)38-22-40-28(5)36(17-18-45(64)67-12)48(57-40)37(21-46(65)68-13)49-47(29(6)41(58-49)24-43-35(15-2)27(4)39(56-43)23-42(34)55-38)53(66)59(11)19-16-20-74-54-52(72-33(10)63)51(71-32(9)62)50(70-31(8)61)44(73-54)25-69-30(7)60/h14,22-24,28,36,44,50-52,54-56H,1,15-21,25H2,2-13H3/t28-,36-,44+,50+,51-,52+,54-/m0/s1. The van der Waals surface area contributed by atoms with Gasteiger partial charge in [0, 0.05) is 98.4 Å². The van der Waals surface area contributed by atoms with Crippen LogP contribution in [0.3, 0.4) is 0 Å². The molecule has 1 amide bonds. The van der Waals surface area contributed by atoms with Crippen LogP contribution >= 0.6 is 11.8 Å². The fraction of sp³-hybridized carbons (Fsp3) is 0.500. The SMILES string of the molecule is C=Cc1c(C)c2cc3nc(c(CC(=O)OC)c4nc(cc5[nH]c(cc1[nH]2)c(C)c5CC)C(C)=C4C(=O)N(C)CCCS[C@@H]1O[C@H](COC(C)=O)[C@@H](OC(C)=O)[C@H](OC(C)=O)[C@H]1OC(C)=O)[C@@H](CCC(=O)OC)[C@@H]3C. The summed E-state index contributed by atoms with van der Waals surface area (Å²) in [6.07, 6.45) is -2.00. The Bertz CT molecular complexity index is 2920. The fourth-order valence-electron chi connectivity index (χ4n) is 9.80. The third-order valence-corrected chi connectivity index (χ3v) is 14.8. The van der Waals surface area contributed by atoms with Gasteiger partial charge in [-0.25, -0.2) is 4.98 Å². The van der Waals surface area contributed by atoms with Gasteiger partial charge in [0.1, 0.15) is 18.1 Å². The van der Waals surface area contributed by atoms with Crippen molar-refractivity contribution >= 4 is 92.8 Å². The van der Waals surface area contributed by atoms with Gasteiger partial charge in [-0.1, -0.05) is 26.5 Å². The molecule has 1 saturated heterocycles. The fourth-order valence-corrected chi connectivity index (χ4v) is 11.0. The number of aromatic nitrogens is 4. The molecule has 8 bridgehead atoms. The van der Waals surface area contributed by atoms with Crippen LogP contribution in [0.4, 0.5) is 0 Å². The number of rotatable bonds is 18. The molecule has 3 aliphatic heterocycles. The highest BCUT2D eigenvalue weighted by Gasteiger charge is 2.52. The number of hydrogen-bond acceptors (Lipinski definition) is 17. The number of nitrogens with one attached hydrogen (secondary N) is 2. The van der Waals surface area contributed by atoms with Crippen molar-refractivity contribution in [2.75, 3.05) is 40.2 Å². The molecular weight excluding hydrogens is 975 g/mol. The van der Waals surface area contributed by atoms with Gasteiger partial charge in [0.15, 0.2) is 18.3 Å². The van der Waals surface area contributed by atoms with E-state index in [9.17, 15) is 28.8 Å². The lowest BCUT2D eigenvalue weighted by molar-refractivity contribution is -0.237. The Hall–Kier alpha value is -6.80. The predicted octanol–water partition coefficient (Wildman–Crippen LogP) is 7.29. The van der Waals surface area contributed by atoms with Crippen molar-refractivity contribution in [3.63, 3.8) is 0 Å². The number of H-pyrrole nitrogens is 2. The summed E-state index contributed by atoms with van der Waals surface area (Å²) >= 11 is 1.20. The molecule has 7 atom stereocenters. The van der Waals surface area contributed by atoms with E-state index >= 15 is 4.79 Å². The average Bonchev–Trinajstić information content (AvgIpc) is 4.03. The molecule has 19 nitrogen and oxygen atoms in total. The lowest BCUT2D eigenvalue weighted by atomic mass is 9.84. The lowest BCUT2D eigenvalue weighted by Gasteiger charge is -2.44. The quantitative estimate of drug-likeness (QED) is 0.0721. The van der Waals surface area contributed by atoms with E-state index in [1.54, 1.807) is 11.9 Å². The molecule has 6 heterocycles. The predicted molar refractivity (Wildman–Crippen MR) is 277 cm³/mol. The largest absolute Gasteiger partial charge is 0.469 e. The third-order valence-electron chi connectivity index (χ3n) is 13.6. The van der Waals surface area contributed by atoms with Crippen molar-refractivity contribution < 1.29 is 66.7 Å². The van der Waals surface area contributed by atoms with Crippen LogP contribution in [0.15, 0.2) is 24.8 Å². The van der Waals surface area contributed by atoms with Crippen molar-refractivity contribution in [3.8, 4) is 0 Å². The van der Waals surface area contributed by atoms with E-state index in [-0.39, 0.29) is 43.2 Å². The number of carbonyl (C=O) groups excluding carboxylic acids is 7. The molecule has 3 aromatic rings. The second kappa shape index (κ2) is 24.5. The van der Waals surface area contributed by atoms with Crippen LogP contribution in [0.1, 0.15) is 130 Å². The molecule has 0 unspecified atom stereocenters. The van der Waals surface area contributed by atoms with E-state index < -0.39 is 77.5 Å². The number of nitrogens with zero attached hydrogens (tertiary/aromatic N) is 3. The molecule has 0 aromatic carbocycles. The monoisotopic (exact) mass is 1040 g/mol. The first kappa shape index (κ1) is 56.5. The number of esters is 6. The molecule has 20 heteroatoms. The summed E-state index contributed by atoms with van der Waals surface area (Å²) in [5.74, 6) is -4.57. The number of hydrogen-bond donors (Lipinski definition) is 2. The summed E-state index contributed by atoms with van der Waals surface area (Å²) in [6.45, 7) is 18.6. The molecule has 0 radical (unpaired) electrons. The first-order chi connectivity index (χ1) is 35.1. The van der Waals surface area contributed by atoms with Crippen LogP contribution in [-0.2, 0) is 79.6 Å². The topological polar surface area (TPSA) is 245 Å². The number of methoxy groups -OCH3 is 2. The van der Waals surface area contributed by atoms with Gasteiger partial charge < -0.3 is 48.0 Å². The van der Waals surface area contributed by atoms with E-state index in [0.29, 0.717) is 53.2 Å². The molecule has 3 aromatic heterocycles. The summed E-state index contributed by atoms with van der Waals surface area (Å²) in [4.78, 5) is 110. The second-order valence-electron chi connectivity index (χ2n) is 18.6. The van der Waals surface area contributed by atoms with Crippen molar-refractivity contribution in [1.82, 2.24) is 24.8 Å². The molecule has 6 rings (SSSR count). The van der Waals surface area contributed by atoms with Crippen LogP contribution < -0.4 is 0 Å². The smallest absolute Gasteiger partial charge is 0.310 e. The Morgan fingerprint density at radius 2 is 1.43 bits per heavy atom. The van der Waals surface area contributed by atoms with Gasteiger partial charge in [-0.3, -0.25) is 38.5 Å². The maximum absolute atomic E-state index is 15.2. The van der Waals surface area contributed by atoms with E-state index in [1.807, 2.05) is 39.0 Å². The zero-order valence-electron chi connectivity index (χ0n) is 44.2. The molecule has 2 N–H and O–H groups in total. The maximum Gasteiger partial charge on any atom is 0.310 e. The molecule has 398 valence electrons. The summed E-state index contributed by atoms with van der Waals surface area (Å²) in [5, 5.41) is 0. The van der Waals surface area contributed by atoms with Crippen molar-refractivity contribution in [1.29, 1.82) is 0 Å². The molecule has 0 aliphatic carbocycles. The number of allylic oxidation sites excluding steroid dienone is 1. The van der Waals surface area contributed by atoms with Gasteiger partial charge >= 0.3 is 35.8 Å². The van der Waals surface area contributed by atoms with E-state index in [1.165, 1.54) is 39.8 Å². The summed E-state index contributed by atoms with van der Waals surface area (Å²) in [6, 6.07) is 5.97. The van der Waals surface area contributed by atoms with Crippen molar-refractivity contribution in [3.05, 3.63) is 75.4 Å². The van der Waals surface area contributed by atoms with Crippen LogP contribution in [0.25, 0.3) is 39.3 Å². The number of likely N-dealkylation sites (N-methyl/N-ethyl adjacent to an activating group) is 1. The Kier molecular flexibility index (Phi) is 18.7. The number of carbonyl (C=O) groups is 7. The first-order valence-electron chi connectivity index (χ1n) is 24.5. The molecule has 1 fully saturated rings. The second-order valence-corrected chi connectivity index (χ2v) is 19.8. The van der Waals surface area contributed by atoms with Gasteiger partial charge in [0.05, 0.1) is 43.3 Å². The summed E-state index contributed by atoms with van der Waals surface area (Å²) in [5.41, 5.74) is 9.44. The first-order valence-corrected chi connectivity index (χ1v) is 25.6. The van der Waals surface area contributed by atoms with Crippen molar-refractivity contribution in [2.45, 2.75) is 136 Å². The molecule has 0 saturated carbocycles. The number of amides is 1. The number of fused-ring (bicyclic) bond motifs is 8. The highest BCUT2D eigenvalue weighted by atomic mass is 32.2. The molecule has 74 heavy (non-hydrogen) atoms. The van der Waals surface area contributed by atoms with Crippen molar-refractivity contribution in [2.24, 2.45) is 0 Å². The molecule has 3 aliphatic rings. The highest BCUT2D eigenvalue weighted by molar-refractivity contribution is 7.99. The van der Waals surface area contributed by atoms with Crippen LogP contribution in [0.5, 0.6) is 0 Å². The Balaban J connectivity index is 1.46. The number of aryl methyl sites for hydroxylation is 3. The van der Waals surface area contributed by atoms with Crippen LogP contribution in [0, 0.1) is 13.8 Å². The minimum Gasteiger partial charge on any atom is -0.469 e. The minimum atomic E-state index is -1.32. The van der Waals surface area contributed by atoms with E-state index in [2.05, 4.69) is 36.5 Å². The van der Waals surface area contributed by atoms with Crippen LogP contribution in [-0.4, -0.2) is 137 Å². The number of aromatic amines is 2. The van der Waals surface area contributed by atoms with Gasteiger partial charge in [-0.2, -0.15) is 0 Å². The average molecular weight is 1040 g/mol. The summed E-state index contributed by atoms with van der Waals surface area (Å²) in [7, 11) is 4.27. The normalized spacial score (nSPS) is 20.3. The Labute approximate surface area is 434 Å². The zero-order chi connectivity index (χ0) is 54.3. The van der Waals surface area contributed by atoms with E-state index in [4.69, 9.17) is 43.1 Å². The molecular formula is C54H67N5O14S. The Morgan fingerprint density at radius 3 is 2.05 bits per heavy atom. The van der Waals surface area contributed by atoms with Gasteiger partial charge in [-0.05, 0) is 86.2 Å². The maximum atomic E-state index is 15.2. The summed E-state index contributed by atoms with van der Waals surface area (Å²) < 4.78 is 38.6. The van der Waals surface area contributed by atoms with Gasteiger partial charge in [-0.15, -0.1) is 11.8 Å². The molecule has 0 spiro atoms. The number of ether oxygens (including phenoxy) is 7. The van der Waals surface area contributed by atoms with E-state index in [0.717, 1.165) is 58.2 Å². The third kappa shape index (κ3) is 12.6. The van der Waals surface area contributed by atoms with Gasteiger partial charge in [0.2, 0.25) is 0 Å². The van der Waals surface area contributed by atoms with Gasteiger partial charge in [0.25, 0.3) is 5.91 Å².